The highest BCUT2D eigenvalue weighted by Crippen LogP contribution is 2.14. The maximum Gasteiger partial charge on any atom is 0.373 e. The summed E-state index contributed by atoms with van der Waals surface area (Å²) < 4.78 is 0. The van der Waals surface area contributed by atoms with Gasteiger partial charge in [-0.2, -0.15) is 0 Å². The maximum atomic E-state index is 12.0. The number of carbonyl (C=O) groups is 2. The zero-order chi connectivity index (χ0) is 20.7. The Morgan fingerprint density at radius 3 is 1.62 bits per heavy atom. The summed E-state index contributed by atoms with van der Waals surface area (Å²) in [4.78, 5) is 44.1. The van der Waals surface area contributed by atoms with Crippen LogP contribution < -0.4 is 0 Å². The third-order valence-electron chi connectivity index (χ3n) is 4.27. The second kappa shape index (κ2) is 13.5. The molecule has 29 heavy (non-hydrogen) atoms. The third kappa shape index (κ3) is 8.89. The quantitative estimate of drug-likeness (QED) is 0.187. The van der Waals surface area contributed by atoms with Crippen molar-refractivity contribution in [1.82, 2.24) is 0 Å². The summed E-state index contributed by atoms with van der Waals surface area (Å²) >= 11 is 0. The molecule has 0 atom stereocenters. The first-order valence-corrected chi connectivity index (χ1v) is 10.1. The number of rotatable bonds is 13. The van der Waals surface area contributed by atoms with Crippen molar-refractivity contribution < 1.29 is 29.1 Å². The average Bonchev–Trinajstić information content (AvgIpc) is 2.78. The largest absolute Gasteiger partial charge is 0.373 e. The Bertz CT molecular complexity index is 661. The minimum atomic E-state index is -0.999. The van der Waals surface area contributed by atoms with Gasteiger partial charge in [-0.3, -0.25) is 9.78 Å². The second-order valence-corrected chi connectivity index (χ2v) is 6.65. The fraction of sp³-hybridized carbons (Fsp3) is 0.391. The number of unbranched alkanes of at least 4 members (excludes halogenated alkanes) is 5. The van der Waals surface area contributed by atoms with Crippen LogP contribution in [0.5, 0.6) is 0 Å². The Hall–Kier alpha value is -2.70. The first kappa shape index (κ1) is 22.6. The summed E-state index contributed by atoms with van der Waals surface area (Å²) in [6.07, 6.45) is 5.88. The molecule has 0 aliphatic carbocycles. The van der Waals surface area contributed by atoms with Crippen molar-refractivity contribution in [3.63, 3.8) is 0 Å². The van der Waals surface area contributed by atoms with Gasteiger partial charge in [0.25, 0.3) is 0 Å². The van der Waals surface area contributed by atoms with Gasteiger partial charge in [-0.25, -0.2) is 9.59 Å². The van der Waals surface area contributed by atoms with Gasteiger partial charge in [-0.15, -0.1) is 9.78 Å². The summed E-state index contributed by atoms with van der Waals surface area (Å²) in [6, 6.07) is 17.0. The van der Waals surface area contributed by atoms with E-state index in [0.29, 0.717) is 17.5 Å². The Labute approximate surface area is 171 Å². The molecule has 0 N–H and O–H groups in total. The molecule has 0 saturated carbocycles. The maximum absolute atomic E-state index is 12.0. The van der Waals surface area contributed by atoms with E-state index >= 15 is 0 Å². The topological polar surface area (TPSA) is 71.1 Å². The van der Waals surface area contributed by atoms with Crippen molar-refractivity contribution in [2.45, 2.75) is 58.2 Å². The highest BCUT2D eigenvalue weighted by Gasteiger charge is 2.19. The fourth-order valence-electron chi connectivity index (χ4n) is 2.64. The summed E-state index contributed by atoms with van der Waals surface area (Å²) in [6.45, 7) is 2.17. The molecule has 0 amide bonds. The van der Waals surface area contributed by atoms with Crippen LogP contribution in [0.25, 0.3) is 0 Å². The van der Waals surface area contributed by atoms with Crippen LogP contribution in [0, 0.1) is 0 Å². The molecule has 0 spiro atoms. The molecular weight excluding hydrogens is 372 g/mol. The molecule has 0 aromatic heterocycles. The van der Waals surface area contributed by atoms with Crippen LogP contribution in [0.3, 0.4) is 0 Å². The first-order valence-electron chi connectivity index (χ1n) is 10.1. The normalized spacial score (nSPS) is 10.7. The molecule has 6 nitrogen and oxygen atoms in total. The Balaban J connectivity index is 1.83. The van der Waals surface area contributed by atoms with E-state index in [0.717, 1.165) is 19.3 Å². The van der Waals surface area contributed by atoms with Gasteiger partial charge in [0.05, 0.1) is 11.1 Å². The Kier molecular flexibility index (Phi) is 10.5. The average molecular weight is 400 g/mol. The lowest BCUT2D eigenvalue weighted by Gasteiger charge is -2.15. The van der Waals surface area contributed by atoms with Crippen molar-refractivity contribution in [1.29, 1.82) is 0 Å². The molecule has 0 fully saturated rings. The molecule has 0 radical (unpaired) electrons. The van der Waals surface area contributed by atoms with Gasteiger partial charge in [0.2, 0.25) is 6.29 Å². The van der Waals surface area contributed by atoms with Gasteiger partial charge in [-0.05, 0) is 30.7 Å². The molecule has 0 heterocycles. The number of carbonyl (C=O) groups excluding carboxylic acids is 2. The van der Waals surface area contributed by atoms with E-state index < -0.39 is 18.2 Å². The highest BCUT2D eigenvalue weighted by atomic mass is 17.3. The van der Waals surface area contributed by atoms with Crippen molar-refractivity contribution in [3.8, 4) is 0 Å². The second-order valence-electron chi connectivity index (χ2n) is 6.65. The fourth-order valence-corrected chi connectivity index (χ4v) is 2.64. The minimum absolute atomic E-state index is 0.354. The smallest absolute Gasteiger partial charge is 0.290 e. The molecule has 156 valence electrons. The van der Waals surface area contributed by atoms with Crippen molar-refractivity contribution in [2.24, 2.45) is 0 Å². The third-order valence-corrected chi connectivity index (χ3v) is 4.27. The van der Waals surface area contributed by atoms with Gasteiger partial charge >= 0.3 is 11.9 Å². The SMILES string of the molecule is CCCCCCCCC(OOC(=O)c1ccccc1)OOC(=O)c1ccccc1. The van der Waals surface area contributed by atoms with Crippen LogP contribution in [-0.2, 0) is 19.6 Å². The lowest BCUT2D eigenvalue weighted by atomic mass is 10.1. The summed E-state index contributed by atoms with van der Waals surface area (Å²) in [5.74, 6) is -1.28. The van der Waals surface area contributed by atoms with E-state index in [1.807, 2.05) is 0 Å². The zero-order valence-corrected chi connectivity index (χ0v) is 16.8. The van der Waals surface area contributed by atoms with Crippen LogP contribution in [0.4, 0.5) is 0 Å². The molecule has 0 aliphatic heterocycles. The van der Waals surface area contributed by atoms with Crippen molar-refractivity contribution in [3.05, 3.63) is 71.8 Å². The van der Waals surface area contributed by atoms with Crippen LogP contribution in [-0.4, -0.2) is 18.2 Å². The molecule has 0 bridgehead atoms. The van der Waals surface area contributed by atoms with Crippen molar-refractivity contribution in [2.75, 3.05) is 0 Å². The summed E-state index contributed by atoms with van der Waals surface area (Å²) in [5, 5.41) is 0. The van der Waals surface area contributed by atoms with E-state index in [9.17, 15) is 9.59 Å². The Morgan fingerprint density at radius 2 is 1.14 bits per heavy atom. The van der Waals surface area contributed by atoms with Crippen LogP contribution in [0.1, 0.15) is 72.6 Å². The molecule has 2 aromatic carbocycles. The number of benzene rings is 2. The standard InChI is InChI=1S/C23H28O6/c1-2-3-4-5-6-13-18-21(26-28-22(24)19-14-9-7-10-15-19)27-29-23(25)20-16-11-8-12-17-20/h7-12,14-17,21H,2-6,13,18H2,1H3. The summed E-state index contributed by atoms with van der Waals surface area (Å²) in [7, 11) is 0. The minimum Gasteiger partial charge on any atom is -0.290 e. The molecule has 0 unspecified atom stereocenters. The first-order chi connectivity index (χ1) is 14.2. The monoisotopic (exact) mass is 400 g/mol. The molecular formula is C23H28O6. The molecule has 0 aliphatic rings. The molecule has 6 heteroatoms. The molecule has 0 saturated heterocycles. The number of hydrogen-bond donors (Lipinski definition) is 0. The predicted octanol–water partition coefficient (Wildman–Crippen LogP) is 5.64. The lowest BCUT2D eigenvalue weighted by Crippen LogP contribution is -2.22. The van der Waals surface area contributed by atoms with E-state index in [-0.39, 0.29) is 0 Å². The van der Waals surface area contributed by atoms with E-state index in [1.54, 1.807) is 60.7 Å². The van der Waals surface area contributed by atoms with Gasteiger partial charge in [0.15, 0.2) is 0 Å². The van der Waals surface area contributed by atoms with E-state index in [2.05, 4.69) is 6.92 Å². The van der Waals surface area contributed by atoms with Gasteiger partial charge in [0, 0.05) is 6.42 Å². The van der Waals surface area contributed by atoms with Crippen LogP contribution >= 0.6 is 0 Å². The van der Waals surface area contributed by atoms with E-state index in [1.165, 1.54) is 19.3 Å². The van der Waals surface area contributed by atoms with E-state index in [4.69, 9.17) is 19.6 Å². The van der Waals surface area contributed by atoms with Gasteiger partial charge in [-0.1, -0.05) is 75.4 Å². The summed E-state index contributed by atoms with van der Waals surface area (Å²) in [5.41, 5.74) is 0.708. The molecule has 2 rings (SSSR count). The lowest BCUT2D eigenvalue weighted by molar-refractivity contribution is -0.421. The predicted molar refractivity (Wildman–Crippen MR) is 108 cm³/mol. The van der Waals surface area contributed by atoms with Crippen LogP contribution in [0.15, 0.2) is 60.7 Å². The Morgan fingerprint density at radius 1 is 0.690 bits per heavy atom. The van der Waals surface area contributed by atoms with Gasteiger partial charge < -0.3 is 0 Å². The molecule has 2 aromatic rings. The van der Waals surface area contributed by atoms with Crippen molar-refractivity contribution >= 4 is 11.9 Å². The van der Waals surface area contributed by atoms with Gasteiger partial charge in [0.1, 0.15) is 0 Å². The zero-order valence-electron chi connectivity index (χ0n) is 16.8. The highest BCUT2D eigenvalue weighted by molar-refractivity contribution is 5.89. The van der Waals surface area contributed by atoms with Crippen LogP contribution in [0.2, 0.25) is 0 Å². The number of hydrogen-bond acceptors (Lipinski definition) is 6.